The van der Waals surface area contributed by atoms with Crippen LogP contribution in [0.2, 0.25) is 0 Å². The fourth-order valence-corrected chi connectivity index (χ4v) is 3.74. The van der Waals surface area contributed by atoms with Crippen LogP contribution in [0.4, 0.5) is 5.69 Å². The maximum atomic E-state index is 12.5. The molecule has 1 aliphatic heterocycles. The number of hydrogen-bond donors (Lipinski definition) is 2. The van der Waals surface area contributed by atoms with E-state index in [4.69, 9.17) is 0 Å². The summed E-state index contributed by atoms with van der Waals surface area (Å²) in [6.45, 7) is 4.09. The first-order valence-electron chi connectivity index (χ1n) is 7.78. The Morgan fingerprint density at radius 2 is 1.90 bits per heavy atom. The summed E-state index contributed by atoms with van der Waals surface area (Å²) in [6, 6.07) is 6.68. The Labute approximate surface area is 121 Å². The number of para-hydroxylation sites is 1. The van der Waals surface area contributed by atoms with Crippen LogP contribution < -0.4 is 10.6 Å². The van der Waals surface area contributed by atoms with Crippen LogP contribution in [-0.2, 0) is 4.79 Å². The first-order chi connectivity index (χ1) is 9.65. The highest BCUT2D eigenvalue weighted by molar-refractivity contribution is 5.96. The smallest absolute Gasteiger partial charge is 0.241 e. The topological polar surface area (TPSA) is 41.1 Å². The fraction of sp³-hybridized carbons (Fsp3) is 0.588. The quantitative estimate of drug-likeness (QED) is 0.868. The van der Waals surface area contributed by atoms with Crippen molar-refractivity contribution in [2.75, 3.05) is 5.32 Å². The molecule has 1 saturated carbocycles. The van der Waals surface area contributed by atoms with Crippen LogP contribution in [0.25, 0.3) is 0 Å². The van der Waals surface area contributed by atoms with Crippen LogP contribution >= 0.6 is 0 Å². The number of benzene rings is 1. The third-order valence-corrected chi connectivity index (χ3v) is 4.91. The average molecular weight is 272 g/mol. The van der Waals surface area contributed by atoms with E-state index in [9.17, 15) is 4.79 Å². The number of carbonyl (C=O) groups is 1. The van der Waals surface area contributed by atoms with E-state index in [1.165, 1.54) is 25.7 Å². The number of anilines is 1. The molecule has 3 heteroatoms. The SMILES string of the molecule is Cc1cccc(C)c1NC(=O)C1CC2CCCCC2N1. The van der Waals surface area contributed by atoms with E-state index < -0.39 is 0 Å². The standard InChI is InChI=1S/C17H24N2O/c1-11-6-5-7-12(2)16(11)19-17(20)15-10-13-8-3-4-9-14(13)18-15/h5-7,13-15,18H,3-4,8-10H2,1-2H3,(H,19,20). The molecule has 108 valence electrons. The number of rotatable bonds is 2. The lowest BCUT2D eigenvalue weighted by Crippen LogP contribution is -2.40. The van der Waals surface area contributed by atoms with Gasteiger partial charge in [-0.05, 0) is 50.2 Å². The molecule has 0 radical (unpaired) electrons. The van der Waals surface area contributed by atoms with Crippen molar-refractivity contribution in [3.63, 3.8) is 0 Å². The van der Waals surface area contributed by atoms with Crippen LogP contribution in [0.5, 0.6) is 0 Å². The number of hydrogen-bond acceptors (Lipinski definition) is 2. The Balaban J connectivity index is 1.68. The van der Waals surface area contributed by atoms with Crippen molar-refractivity contribution in [2.24, 2.45) is 5.92 Å². The molecule has 3 rings (SSSR count). The van der Waals surface area contributed by atoms with Crippen molar-refractivity contribution in [3.8, 4) is 0 Å². The van der Waals surface area contributed by atoms with Gasteiger partial charge >= 0.3 is 0 Å². The summed E-state index contributed by atoms with van der Waals surface area (Å²) in [6.07, 6.45) is 6.15. The normalized spacial score (nSPS) is 29.0. The van der Waals surface area contributed by atoms with Crippen molar-refractivity contribution in [1.82, 2.24) is 5.32 Å². The summed E-state index contributed by atoms with van der Waals surface area (Å²) in [4.78, 5) is 12.5. The van der Waals surface area contributed by atoms with Gasteiger partial charge in [0.25, 0.3) is 0 Å². The van der Waals surface area contributed by atoms with Crippen LogP contribution in [0.3, 0.4) is 0 Å². The summed E-state index contributed by atoms with van der Waals surface area (Å²) in [5.74, 6) is 0.842. The zero-order valence-corrected chi connectivity index (χ0v) is 12.4. The molecule has 2 fully saturated rings. The lowest BCUT2D eigenvalue weighted by atomic mass is 9.85. The summed E-state index contributed by atoms with van der Waals surface area (Å²) >= 11 is 0. The first kappa shape index (κ1) is 13.6. The number of amides is 1. The Hall–Kier alpha value is -1.35. The molecule has 1 heterocycles. The molecule has 2 aliphatic rings. The third-order valence-electron chi connectivity index (χ3n) is 4.91. The van der Waals surface area contributed by atoms with Gasteiger partial charge in [-0.1, -0.05) is 31.0 Å². The van der Waals surface area contributed by atoms with Crippen LogP contribution in [-0.4, -0.2) is 18.0 Å². The van der Waals surface area contributed by atoms with Gasteiger partial charge in [0.05, 0.1) is 6.04 Å². The predicted molar refractivity (Wildman–Crippen MR) is 81.8 cm³/mol. The van der Waals surface area contributed by atoms with Gasteiger partial charge in [0.1, 0.15) is 0 Å². The molecule has 0 aromatic heterocycles. The number of carbonyl (C=O) groups excluding carboxylic acids is 1. The van der Waals surface area contributed by atoms with E-state index >= 15 is 0 Å². The van der Waals surface area contributed by atoms with E-state index in [0.29, 0.717) is 12.0 Å². The second-order valence-corrected chi connectivity index (χ2v) is 6.36. The Morgan fingerprint density at radius 1 is 1.20 bits per heavy atom. The van der Waals surface area contributed by atoms with Crippen LogP contribution in [0.1, 0.15) is 43.2 Å². The van der Waals surface area contributed by atoms with E-state index in [2.05, 4.69) is 10.6 Å². The molecule has 1 aromatic rings. The molecule has 3 atom stereocenters. The molecule has 1 aromatic carbocycles. The second kappa shape index (κ2) is 5.57. The highest BCUT2D eigenvalue weighted by Gasteiger charge is 2.38. The third kappa shape index (κ3) is 2.59. The van der Waals surface area contributed by atoms with Gasteiger partial charge in [0.15, 0.2) is 0 Å². The van der Waals surface area contributed by atoms with E-state index in [0.717, 1.165) is 23.2 Å². The highest BCUT2D eigenvalue weighted by Crippen LogP contribution is 2.33. The molecule has 3 nitrogen and oxygen atoms in total. The van der Waals surface area contributed by atoms with Gasteiger partial charge in [0.2, 0.25) is 5.91 Å². The lowest BCUT2D eigenvalue weighted by molar-refractivity contribution is -0.117. The van der Waals surface area contributed by atoms with Gasteiger partial charge in [-0.15, -0.1) is 0 Å². The second-order valence-electron chi connectivity index (χ2n) is 6.36. The van der Waals surface area contributed by atoms with Crippen LogP contribution in [0, 0.1) is 19.8 Å². The molecule has 3 unspecified atom stereocenters. The predicted octanol–water partition coefficient (Wildman–Crippen LogP) is 3.16. The number of nitrogens with one attached hydrogen (secondary N) is 2. The van der Waals surface area contributed by atoms with Gasteiger partial charge in [0, 0.05) is 11.7 Å². The lowest BCUT2D eigenvalue weighted by Gasteiger charge is -2.24. The summed E-state index contributed by atoms with van der Waals surface area (Å²) in [7, 11) is 0. The minimum atomic E-state index is -0.0119. The zero-order valence-electron chi connectivity index (χ0n) is 12.4. The van der Waals surface area contributed by atoms with Crippen molar-refractivity contribution in [3.05, 3.63) is 29.3 Å². The first-order valence-corrected chi connectivity index (χ1v) is 7.78. The van der Waals surface area contributed by atoms with Crippen molar-refractivity contribution in [2.45, 2.75) is 58.0 Å². The molecule has 2 N–H and O–H groups in total. The molecular formula is C17H24N2O. The van der Waals surface area contributed by atoms with Crippen LogP contribution in [0.15, 0.2) is 18.2 Å². The Bertz CT molecular complexity index is 477. The molecule has 1 amide bonds. The minimum Gasteiger partial charge on any atom is -0.324 e. The van der Waals surface area contributed by atoms with E-state index in [-0.39, 0.29) is 11.9 Å². The number of fused-ring (bicyclic) bond motifs is 1. The zero-order chi connectivity index (χ0) is 14.1. The summed E-state index contributed by atoms with van der Waals surface area (Å²) in [5, 5.41) is 6.67. The van der Waals surface area contributed by atoms with E-state index in [1.807, 2.05) is 32.0 Å². The molecule has 1 saturated heterocycles. The highest BCUT2D eigenvalue weighted by atomic mass is 16.2. The maximum absolute atomic E-state index is 12.5. The maximum Gasteiger partial charge on any atom is 0.241 e. The summed E-state index contributed by atoms with van der Waals surface area (Å²) in [5.41, 5.74) is 3.25. The fourth-order valence-electron chi connectivity index (χ4n) is 3.74. The average Bonchev–Trinajstić information content (AvgIpc) is 2.87. The minimum absolute atomic E-state index is 0.0119. The monoisotopic (exact) mass is 272 g/mol. The van der Waals surface area contributed by atoms with Crippen molar-refractivity contribution < 1.29 is 4.79 Å². The largest absolute Gasteiger partial charge is 0.324 e. The van der Waals surface area contributed by atoms with Gasteiger partial charge < -0.3 is 10.6 Å². The van der Waals surface area contributed by atoms with Gasteiger partial charge in [-0.3, -0.25) is 4.79 Å². The molecular weight excluding hydrogens is 248 g/mol. The molecule has 0 spiro atoms. The molecule has 1 aliphatic carbocycles. The Morgan fingerprint density at radius 3 is 2.60 bits per heavy atom. The van der Waals surface area contributed by atoms with Gasteiger partial charge in [-0.25, -0.2) is 0 Å². The van der Waals surface area contributed by atoms with E-state index in [1.54, 1.807) is 0 Å². The Kier molecular flexibility index (Phi) is 3.79. The van der Waals surface area contributed by atoms with Crippen molar-refractivity contribution >= 4 is 11.6 Å². The molecule has 0 bridgehead atoms. The molecule has 20 heavy (non-hydrogen) atoms. The summed E-state index contributed by atoms with van der Waals surface area (Å²) < 4.78 is 0. The number of aryl methyl sites for hydroxylation is 2. The van der Waals surface area contributed by atoms with Gasteiger partial charge in [-0.2, -0.15) is 0 Å². The van der Waals surface area contributed by atoms with Crippen molar-refractivity contribution in [1.29, 1.82) is 0 Å².